The molecule has 0 bridgehead atoms. The normalized spacial score (nSPS) is 12.7. The van der Waals surface area contributed by atoms with E-state index in [0.717, 1.165) is 6.07 Å². The highest BCUT2D eigenvalue weighted by Crippen LogP contribution is 2.24. The van der Waals surface area contributed by atoms with Crippen LogP contribution in [0.15, 0.2) is 53.4 Å². The van der Waals surface area contributed by atoms with Crippen LogP contribution in [0.5, 0.6) is 5.75 Å². The number of amides is 1. The van der Waals surface area contributed by atoms with Crippen LogP contribution >= 0.6 is 0 Å². The maximum Gasteiger partial charge on any atom is 0.410 e. The van der Waals surface area contributed by atoms with Crippen molar-refractivity contribution in [2.24, 2.45) is 0 Å². The zero-order valence-electron chi connectivity index (χ0n) is 17.5. The van der Waals surface area contributed by atoms with E-state index in [-0.39, 0.29) is 22.9 Å². The van der Waals surface area contributed by atoms with E-state index in [4.69, 9.17) is 8.92 Å². The van der Waals surface area contributed by atoms with E-state index in [1.807, 2.05) is 0 Å². The highest BCUT2D eigenvalue weighted by atomic mass is 32.2. The molecule has 2 rings (SSSR count). The molecule has 11 heteroatoms. The maximum absolute atomic E-state index is 12.4. The summed E-state index contributed by atoms with van der Waals surface area (Å²) in [5, 5.41) is 21.2. The van der Waals surface area contributed by atoms with E-state index < -0.39 is 32.8 Å². The van der Waals surface area contributed by atoms with Crippen LogP contribution in [0.3, 0.4) is 0 Å². The standard InChI is InChI=1S/C20H24N2O8S/c1-20(2,3)29-19(24)21(4)13-18(23)14-8-10-16(11-9-14)30-31(27,28)17-7-5-6-15(12-17)22(25)26/h5-12,18,23H,13H2,1-4H3. The zero-order chi connectivity index (χ0) is 23.4. The Bertz CT molecular complexity index is 1050. The van der Waals surface area contributed by atoms with Crippen molar-refractivity contribution in [2.75, 3.05) is 13.6 Å². The van der Waals surface area contributed by atoms with Crippen molar-refractivity contribution in [3.8, 4) is 5.75 Å². The first-order chi connectivity index (χ1) is 14.3. The summed E-state index contributed by atoms with van der Waals surface area (Å²) in [6.07, 6.45) is -1.63. The number of likely N-dealkylation sites (N-methyl/N-ethyl adjacent to an activating group) is 1. The van der Waals surface area contributed by atoms with Gasteiger partial charge < -0.3 is 18.9 Å². The van der Waals surface area contributed by atoms with Gasteiger partial charge in [-0.25, -0.2) is 4.79 Å². The monoisotopic (exact) mass is 452 g/mol. The van der Waals surface area contributed by atoms with E-state index >= 15 is 0 Å². The Balaban J connectivity index is 2.07. The van der Waals surface area contributed by atoms with Crippen molar-refractivity contribution in [3.63, 3.8) is 0 Å². The minimum atomic E-state index is -4.29. The van der Waals surface area contributed by atoms with Gasteiger partial charge in [0.15, 0.2) is 0 Å². The second-order valence-corrected chi connectivity index (χ2v) is 9.28. The Labute approximate surface area is 180 Å². The molecular formula is C20H24N2O8S. The van der Waals surface area contributed by atoms with Crippen molar-refractivity contribution in [2.45, 2.75) is 37.4 Å². The molecule has 0 heterocycles. The number of benzene rings is 2. The van der Waals surface area contributed by atoms with Gasteiger partial charge in [-0.05, 0) is 44.5 Å². The summed E-state index contributed by atoms with van der Waals surface area (Å²) >= 11 is 0. The van der Waals surface area contributed by atoms with Crippen molar-refractivity contribution in [1.29, 1.82) is 0 Å². The molecule has 0 radical (unpaired) electrons. The topological polar surface area (TPSA) is 136 Å². The Hall–Kier alpha value is -3.18. The van der Waals surface area contributed by atoms with Crippen LogP contribution in [-0.4, -0.2) is 48.6 Å². The van der Waals surface area contributed by atoms with Gasteiger partial charge in [0, 0.05) is 19.2 Å². The first-order valence-electron chi connectivity index (χ1n) is 9.19. The molecule has 31 heavy (non-hydrogen) atoms. The van der Waals surface area contributed by atoms with Crippen LogP contribution in [0.25, 0.3) is 0 Å². The van der Waals surface area contributed by atoms with E-state index in [1.54, 1.807) is 20.8 Å². The zero-order valence-corrected chi connectivity index (χ0v) is 18.3. The number of aliphatic hydroxyl groups is 1. The molecule has 0 aliphatic carbocycles. The molecule has 2 aromatic carbocycles. The van der Waals surface area contributed by atoms with Crippen LogP contribution in [-0.2, 0) is 14.9 Å². The number of nitrogens with zero attached hydrogens (tertiary/aromatic N) is 2. The lowest BCUT2D eigenvalue weighted by Gasteiger charge is -2.26. The molecule has 0 saturated carbocycles. The van der Waals surface area contributed by atoms with Gasteiger partial charge in [-0.2, -0.15) is 8.42 Å². The third-order valence-corrected chi connectivity index (χ3v) is 5.18. The smallest absolute Gasteiger partial charge is 0.410 e. The van der Waals surface area contributed by atoms with Gasteiger partial charge in [0.2, 0.25) is 0 Å². The molecule has 2 aromatic rings. The van der Waals surface area contributed by atoms with Crippen LogP contribution in [0.1, 0.15) is 32.4 Å². The third-order valence-electron chi connectivity index (χ3n) is 3.94. The number of ether oxygens (including phenoxy) is 1. The summed E-state index contributed by atoms with van der Waals surface area (Å²) in [4.78, 5) is 23.0. The Morgan fingerprint density at radius 3 is 2.35 bits per heavy atom. The molecule has 0 aliphatic rings. The molecule has 0 aromatic heterocycles. The highest BCUT2D eigenvalue weighted by Gasteiger charge is 2.23. The van der Waals surface area contributed by atoms with Gasteiger partial charge in [0.25, 0.3) is 5.69 Å². The first kappa shape index (κ1) is 24.1. The van der Waals surface area contributed by atoms with Gasteiger partial charge in [-0.1, -0.05) is 18.2 Å². The minimum Gasteiger partial charge on any atom is -0.444 e. The summed E-state index contributed by atoms with van der Waals surface area (Å²) in [7, 11) is -2.80. The fourth-order valence-corrected chi connectivity index (χ4v) is 3.42. The van der Waals surface area contributed by atoms with Crippen LogP contribution in [0.4, 0.5) is 10.5 Å². The van der Waals surface area contributed by atoms with Gasteiger partial charge >= 0.3 is 16.2 Å². The molecule has 0 aliphatic heterocycles. The SMILES string of the molecule is CN(CC(O)c1ccc(OS(=O)(=O)c2cccc([N+](=O)[O-])c2)cc1)C(=O)OC(C)(C)C. The lowest BCUT2D eigenvalue weighted by molar-refractivity contribution is -0.385. The summed E-state index contributed by atoms with van der Waals surface area (Å²) in [6, 6.07) is 10.1. The number of carbonyl (C=O) groups excluding carboxylic acids is 1. The number of carbonyl (C=O) groups is 1. The Morgan fingerprint density at radius 2 is 1.81 bits per heavy atom. The Morgan fingerprint density at radius 1 is 1.19 bits per heavy atom. The van der Waals surface area contributed by atoms with E-state index in [0.29, 0.717) is 5.56 Å². The summed E-state index contributed by atoms with van der Waals surface area (Å²) in [5.74, 6) is -0.0389. The molecule has 0 spiro atoms. The number of hydrogen-bond acceptors (Lipinski definition) is 8. The van der Waals surface area contributed by atoms with Crippen molar-refractivity contribution in [1.82, 2.24) is 4.90 Å². The number of non-ortho nitro benzene ring substituents is 1. The first-order valence-corrected chi connectivity index (χ1v) is 10.6. The van der Waals surface area contributed by atoms with Crippen molar-refractivity contribution >= 4 is 21.9 Å². The van der Waals surface area contributed by atoms with E-state index in [1.165, 1.54) is 54.4 Å². The molecule has 1 amide bonds. The fourth-order valence-electron chi connectivity index (χ4n) is 2.45. The van der Waals surface area contributed by atoms with Gasteiger partial charge in [-0.3, -0.25) is 10.1 Å². The number of rotatable bonds is 7. The fraction of sp³-hybridized carbons (Fsp3) is 0.350. The van der Waals surface area contributed by atoms with E-state index in [9.17, 15) is 28.4 Å². The van der Waals surface area contributed by atoms with Crippen LogP contribution < -0.4 is 4.18 Å². The Kier molecular flexibility index (Phi) is 7.24. The second kappa shape index (κ2) is 9.31. The molecule has 0 fully saturated rings. The highest BCUT2D eigenvalue weighted by molar-refractivity contribution is 7.87. The molecule has 168 valence electrons. The number of nitro groups is 1. The maximum atomic E-state index is 12.4. The summed E-state index contributed by atoms with van der Waals surface area (Å²) in [5.41, 5.74) is -0.618. The van der Waals surface area contributed by atoms with Crippen LogP contribution in [0.2, 0.25) is 0 Å². The van der Waals surface area contributed by atoms with Gasteiger partial charge in [0.1, 0.15) is 16.2 Å². The average Bonchev–Trinajstić information content (AvgIpc) is 2.67. The van der Waals surface area contributed by atoms with Gasteiger partial charge in [-0.15, -0.1) is 0 Å². The second-order valence-electron chi connectivity index (χ2n) is 7.74. The predicted octanol–water partition coefficient (Wildman–Crippen LogP) is 3.26. The van der Waals surface area contributed by atoms with Crippen LogP contribution in [0, 0.1) is 10.1 Å². The predicted molar refractivity (Wildman–Crippen MR) is 111 cm³/mol. The molecule has 1 N–H and O–H groups in total. The van der Waals surface area contributed by atoms with Crippen molar-refractivity contribution < 1.29 is 32.2 Å². The van der Waals surface area contributed by atoms with Gasteiger partial charge in [0.05, 0.1) is 17.6 Å². The number of nitro benzene ring substituents is 1. The summed E-state index contributed by atoms with van der Waals surface area (Å²) < 4.78 is 35.0. The third kappa shape index (κ3) is 6.93. The minimum absolute atomic E-state index is 0.0389. The number of hydrogen-bond donors (Lipinski definition) is 1. The number of aliphatic hydroxyl groups excluding tert-OH is 1. The average molecular weight is 452 g/mol. The molecule has 1 atom stereocenters. The molecule has 10 nitrogen and oxygen atoms in total. The summed E-state index contributed by atoms with van der Waals surface area (Å²) in [6.45, 7) is 5.15. The lowest BCUT2D eigenvalue weighted by Crippen LogP contribution is -2.36. The van der Waals surface area contributed by atoms with Crippen molar-refractivity contribution in [3.05, 3.63) is 64.2 Å². The molecular weight excluding hydrogens is 428 g/mol. The molecule has 0 saturated heterocycles. The molecule has 1 unspecified atom stereocenters. The largest absolute Gasteiger partial charge is 0.444 e. The quantitative estimate of drug-likeness (QED) is 0.384. The van der Waals surface area contributed by atoms with E-state index in [2.05, 4.69) is 0 Å². The lowest BCUT2D eigenvalue weighted by atomic mass is 10.1.